The minimum atomic E-state index is -0.806. The lowest BCUT2D eigenvalue weighted by Crippen LogP contribution is -2.54. The Morgan fingerprint density at radius 1 is 1.14 bits per heavy atom. The van der Waals surface area contributed by atoms with Gasteiger partial charge < -0.3 is 0 Å². The fraction of sp³-hybridized carbons (Fsp3) is 0.0435. The minimum absolute atomic E-state index is 0.150. The molecule has 0 atom stereocenters. The Kier molecular flexibility index (Phi) is 5.94. The highest BCUT2D eigenvalue weighted by Gasteiger charge is 2.37. The van der Waals surface area contributed by atoms with Gasteiger partial charge in [0.05, 0.1) is 11.2 Å². The van der Waals surface area contributed by atoms with Gasteiger partial charge in [-0.05, 0) is 30.7 Å². The van der Waals surface area contributed by atoms with Crippen molar-refractivity contribution in [1.82, 2.24) is 10.3 Å². The summed E-state index contributed by atoms with van der Waals surface area (Å²) in [5.74, 6) is -1.45. The molecule has 1 saturated heterocycles. The van der Waals surface area contributed by atoms with E-state index in [2.05, 4.69) is 16.9 Å². The Labute approximate surface area is 168 Å². The average Bonchev–Trinajstić information content (AvgIpc) is 2.72. The number of carbonyl (C=O) groups excluding carboxylic acids is 3. The van der Waals surface area contributed by atoms with Crippen LogP contribution in [0.15, 0.2) is 96.8 Å². The van der Waals surface area contributed by atoms with E-state index in [0.717, 1.165) is 15.9 Å². The van der Waals surface area contributed by atoms with Crippen molar-refractivity contribution in [2.75, 3.05) is 4.90 Å². The van der Waals surface area contributed by atoms with Crippen molar-refractivity contribution in [2.24, 2.45) is 0 Å². The molecule has 0 radical (unpaired) electrons. The van der Waals surface area contributed by atoms with E-state index in [-0.39, 0.29) is 5.57 Å². The maximum Gasteiger partial charge on any atom is 0.336 e. The molecule has 1 aromatic carbocycles. The first kappa shape index (κ1) is 19.7. The predicted octanol–water partition coefficient (Wildman–Crippen LogP) is 3.99. The van der Waals surface area contributed by atoms with E-state index in [0.29, 0.717) is 11.2 Å². The molecular weight excluding hydrogens is 366 g/mol. The lowest BCUT2D eigenvalue weighted by molar-refractivity contribution is -0.122. The number of imide groups is 2. The molecule has 0 aliphatic carbocycles. The Morgan fingerprint density at radius 2 is 1.93 bits per heavy atom. The first-order valence-corrected chi connectivity index (χ1v) is 8.94. The maximum atomic E-state index is 13.0. The second kappa shape index (κ2) is 8.75. The highest BCUT2D eigenvalue weighted by atomic mass is 16.2. The number of rotatable bonds is 5. The van der Waals surface area contributed by atoms with Crippen molar-refractivity contribution >= 4 is 34.4 Å². The van der Waals surface area contributed by atoms with Crippen LogP contribution in [0.1, 0.15) is 6.92 Å². The molecule has 1 N–H and O–H groups in total. The molecule has 6 nitrogen and oxygen atoms in total. The molecule has 1 aliphatic heterocycles. The van der Waals surface area contributed by atoms with E-state index in [9.17, 15) is 14.4 Å². The van der Waals surface area contributed by atoms with Gasteiger partial charge in [0.1, 0.15) is 5.57 Å². The van der Waals surface area contributed by atoms with Crippen molar-refractivity contribution in [2.45, 2.75) is 6.92 Å². The van der Waals surface area contributed by atoms with Gasteiger partial charge in [-0.3, -0.25) is 19.9 Å². The summed E-state index contributed by atoms with van der Waals surface area (Å²) in [6.45, 7) is 5.61. The van der Waals surface area contributed by atoms with E-state index in [4.69, 9.17) is 0 Å². The Bertz CT molecular complexity index is 1120. The van der Waals surface area contributed by atoms with E-state index < -0.39 is 17.8 Å². The summed E-state index contributed by atoms with van der Waals surface area (Å²) in [6, 6.07) is 7.96. The van der Waals surface area contributed by atoms with Crippen LogP contribution in [-0.4, -0.2) is 22.8 Å². The zero-order valence-electron chi connectivity index (χ0n) is 15.8. The third kappa shape index (κ3) is 4.11. The average molecular weight is 385 g/mol. The molecule has 1 aromatic heterocycles. The number of aromatic nitrogens is 1. The number of carbonyl (C=O) groups is 3. The van der Waals surface area contributed by atoms with Crippen molar-refractivity contribution in [3.63, 3.8) is 0 Å². The van der Waals surface area contributed by atoms with Crippen LogP contribution < -0.4 is 10.2 Å². The van der Waals surface area contributed by atoms with Gasteiger partial charge in [-0.2, -0.15) is 0 Å². The Hall–Kier alpha value is -4.06. The molecule has 2 heterocycles. The van der Waals surface area contributed by atoms with Crippen molar-refractivity contribution in [1.29, 1.82) is 0 Å². The maximum absolute atomic E-state index is 13.0. The number of nitrogens with zero attached hydrogens (tertiary/aromatic N) is 2. The normalized spacial score (nSPS) is 17.0. The van der Waals surface area contributed by atoms with Crippen LogP contribution in [0.5, 0.6) is 0 Å². The molecule has 3 rings (SSSR count). The number of fused-ring (bicyclic) bond motifs is 1. The first-order valence-electron chi connectivity index (χ1n) is 8.94. The number of pyridine rings is 1. The quantitative estimate of drug-likeness (QED) is 0.479. The summed E-state index contributed by atoms with van der Waals surface area (Å²) < 4.78 is 0. The fourth-order valence-electron chi connectivity index (χ4n) is 2.82. The number of barbiturate groups is 1. The first-order chi connectivity index (χ1) is 14.1. The zero-order chi connectivity index (χ0) is 20.8. The smallest absolute Gasteiger partial charge is 0.273 e. The van der Waals surface area contributed by atoms with Gasteiger partial charge in [0, 0.05) is 11.6 Å². The van der Waals surface area contributed by atoms with E-state index in [1.54, 1.807) is 42.6 Å². The number of benzene rings is 1. The zero-order valence-corrected chi connectivity index (χ0v) is 15.8. The fourth-order valence-corrected chi connectivity index (χ4v) is 2.82. The molecule has 0 bridgehead atoms. The SMILES string of the molecule is C=CC(/C=C/C=C1/C(=O)NC(=O)N(c2cccc3cccnc23)C1=O)=C\C=C/C. The summed E-state index contributed by atoms with van der Waals surface area (Å²) in [6.07, 6.45) is 13.4. The molecule has 4 amide bonds. The topological polar surface area (TPSA) is 79.4 Å². The van der Waals surface area contributed by atoms with Crippen LogP contribution in [0.4, 0.5) is 10.5 Å². The molecule has 2 aromatic rings. The molecule has 6 heteroatoms. The van der Waals surface area contributed by atoms with Gasteiger partial charge in [0.15, 0.2) is 0 Å². The highest BCUT2D eigenvalue weighted by Crippen LogP contribution is 2.27. The number of hydrogen-bond acceptors (Lipinski definition) is 4. The molecule has 29 heavy (non-hydrogen) atoms. The second-order valence-corrected chi connectivity index (χ2v) is 6.09. The lowest BCUT2D eigenvalue weighted by Gasteiger charge is -2.26. The molecule has 144 valence electrons. The Balaban J connectivity index is 1.99. The van der Waals surface area contributed by atoms with Crippen molar-refractivity contribution < 1.29 is 14.4 Å². The second-order valence-electron chi connectivity index (χ2n) is 6.09. The molecule has 1 aliphatic rings. The van der Waals surface area contributed by atoms with Gasteiger partial charge in [0.25, 0.3) is 11.8 Å². The lowest BCUT2D eigenvalue weighted by atomic mass is 10.1. The summed E-state index contributed by atoms with van der Waals surface area (Å²) in [5.41, 5.74) is 1.46. The summed E-state index contributed by atoms with van der Waals surface area (Å²) in [4.78, 5) is 42.8. The number of nitrogens with one attached hydrogen (secondary N) is 1. The molecule has 0 unspecified atom stereocenters. The molecule has 0 spiro atoms. The predicted molar refractivity (Wildman–Crippen MR) is 113 cm³/mol. The number of amides is 4. The summed E-state index contributed by atoms with van der Waals surface area (Å²) >= 11 is 0. The number of allylic oxidation sites excluding steroid dienone is 8. The standard InChI is InChI=1S/C23H19N3O3/c1-3-5-9-16(4-2)10-6-13-18-21(27)25-23(29)26(22(18)28)19-14-7-11-17-12-8-15-24-20(17)19/h3-15H,2H2,1H3,(H,25,27,29)/b5-3-,10-6+,16-9+,18-13-. The van der Waals surface area contributed by atoms with Gasteiger partial charge in [-0.1, -0.05) is 61.2 Å². The van der Waals surface area contributed by atoms with Crippen LogP contribution in [0.2, 0.25) is 0 Å². The third-order valence-corrected chi connectivity index (χ3v) is 4.22. The molecule has 0 saturated carbocycles. The van der Waals surface area contributed by atoms with Gasteiger partial charge >= 0.3 is 6.03 Å². The molecular formula is C23H19N3O3. The Morgan fingerprint density at radius 3 is 2.69 bits per heavy atom. The summed E-state index contributed by atoms with van der Waals surface area (Å²) in [5, 5.41) is 2.99. The van der Waals surface area contributed by atoms with Crippen molar-refractivity contribution in [3.05, 3.63) is 96.8 Å². The van der Waals surface area contributed by atoms with Crippen molar-refractivity contribution in [3.8, 4) is 0 Å². The minimum Gasteiger partial charge on any atom is -0.273 e. The van der Waals surface area contributed by atoms with Crippen LogP contribution in [-0.2, 0) is 9.59 Å². The monoisotopic (exact) mass is 385 g/mol. The number of hydrogen-bond donors (Lipinski definition) is 1. The van der Waals surface area contributed by atoms with E-state index >= 15 is 0 Å². The summed E-state index contributed by atoms with van der Waals surface area (Å²) in [7, 11) is 0. The van der Waals surface area contributed by atoms with Gasteiger partial charge in [-0.25, -0.2) is 9.69 Å². The van der Waals surface area contributed by atoms with E-state index in [1.165, 1.54) is 6.08 Å². The number of para-hydroxylation sites is 1. The van der Waals surface area contributed by atoms with Crippen LogP contribution in [0.25, 0.3) is 10.9 Å². The molecule has 1 fully saturated rings. The van der Waals surface area contributed by atoms with Crippen LogP contribution in [0.3, 0.4) is 0 Å². The third-order valence-electron chi connectivity index (χ3n) is 4.22. The van der Waals surface area contributed by atoms with E-state index in [1.807, 2.05) is 37.3 Å². The van der Waals surface area contributed by atoms with Gasteiger partial charge in [-0.15, -0.1) is 0 Å². The number of anilines is 1. The van der Waals surface area contributed by atoms with Crippen LogP contribution in [0, 0.1) is 0 Å². The number of urea groups is 1. The highest BCUT2D eigenvalue weighted by molar-refractivity contribution is 6.38. The van der Waals surface area contributed by atoms with Gasteiger partial charge in [0.2, 0.25) is 0 Å². The largest absolute Gasteiger partial charge is 0.336 e. The van der Waals surface area contributed by atoms with Crippen LogP contribution >= 0.6 is 0 Å².